The fourth-order valence-corrected chi connectivity index (χ4v) is 2.23. The topological polar surface area (TPSA) is 29.1 Å². The number of rotatable bonds is 4. The van der Waals surface area contributed by atoms with E-state index in [0.717, 1.165) is 11.1 Å². The van der Waals surface area contributed by atoms with E-state index >= 15 is 0 Å². The van der Waals surface area contributed by atoms with Crippen LogP contribution in [0.5, 0.6) is 0 Å². The number of aryl methyl sites for hydroxylation is 2. The van der Waals surface area contributed by atoms with E-state index in [1.54, 1.807) is 12.1 Å². The van der Waals surface area contributed by atoms with E-state index in [1.165, 1.54) is 23.3 Å². The molecule has 0 aromatic heterocycles. The Morgan fingerprint density at radius 2 is 1.76 bits per heavy atom. The molecule has 0 fully saturated rings. The molecule has 21 heavy (non-hydrogen) atoms. The van der Waals surface area contributed by atoms with Crippen LogP contribution in [0.25, 0.3) is 0 Å². The zero-order valence-electron chi connectivity index (χ0n) is 12.6. The first kappa shape index (κ1) is 15.2. The Kier molecular flexibility index (Phi) is 4.73. The quantitative estimate of drug-likeness (QED) is 0.908. The molecule has 0 heterocycles. The van der Waals surface area contributed by atoms with Gasteiger partial charge in [-0.15, -0.1) is 0 Å². The average molecular weight is 285 g/mol. The fourth-order valence-electron chi connectivity index (χ4n) is 2.23. The average Bonchev–Trinajstić information content (AvgIpc) is 2.43. The van der Waals surface area contributed by atoms with Crippen LogP contribution in [-0.2, 0) is 11.2 Å². The van der Waals surface area contributed by atoms with E-state index in [4.69, 9.17) is 0 Å². The van der Waals surface area contributed by atoms with E-state index < -0.39 is 0 Å². The number of halogens is 1. The molecule has 1 atom stereocenters. The number of carbonyl (C=O) groups excluding carboxylic acids is 1. The zero-order valence-corrected chi connectivity index (χ0v) is 12.6. The van der Waals surface area contributed by atoms with E-state index in [0.29, 0.717) is 6.42 Å². The van der Waals surface area contributed by atoms with E-state index in [9.17, 15) is 9.18 Å². The van der Waals surface area contributed by atoms with Crippen molar-refractivity contribution in [3.8, 4) is 0 Å². The summed E-state index contributed by atoms with van der Waals surface area (Å²) in [5.74, 6) is -0.303. The second kappa shape index (κ2) is 6.53. The molecular weight excluding hydrogens is 265 g/mol. The molecule has 0 bridgehead atoms. The number of carbonyl (C=O) groups is 1. The molecule has 0 unspecified atom stereocenters. The third-order valence-electron chi connectivity index (χ3n) is 3.68. The summed E-state index contributed by atoms with van der Waals surface area (Å²) < 4.78 is 12.9. The summed E-state index contributed by atoms with van der Waals surface area (Å²) >= 11 is 0. The van der Waals surface area contributed by atoms with E-state index in [1.807, 2.05) is 32.0 Å². The molecule has 0 aliphatic heterocycles. The lowest BCUT2D eigenvalue weighted by molar-refractivity contribution is -0.121. The number of nitrogens with one attached hydrogen (secondary N) is 1. The Balaban J connectivity index is 1.97. The van der Waals surface area contributed by atoms with Crippen LogP contribution in [0, 0.1) is 19.7 Å². The molecule has 2 rings (SSSR count). The maximum Gasteiger partial charge on any atom is 0.224 e. The number of hydrogen-bond acceptors (Lipinski definition) is 1. The number of benzene rings is 2. The molecular formula is C18H20FNO. The predicted octanol–water partition coefficient (Wildman–Crippen LogP) is 3.86. The van der Waals surface area contributed by atoms with Crippen LogP contribution in [0.2, 0.25) is 0 Å². The zero-order chi connectivity index (χ0) is 15.4. The summed E-state index contributed by atoms with van der Waals surface area (Å²) in [5.41, 5.74) is 4.30. The number of amides is 1. The maximum absolute atomic E-state index is 12.9. The van der Waals surface area contributed by atoms with Crippen molar-refractivity contribution >= 4 is 5.91 Å². The summed E-state index contributed by atoms with van der Waals surface area (Å²) in [5, 5.41) is 2.94. The Morgan fingerprint density at radius 1 is 1.10 bits per heavy atom. The highest BCUT2D eigenvalue weighted by atomic mass is 19.1. The summed E-state index contributed by atoms with van der Waals surface area (Å²) in [7, 11) is 0. The minimum Gasteiger partial charge on any atom is -0.349 e. The van der Waals surface area contributed by atoms with Crippen molar-refractivity contribution in [1.29, 1.82) is 0 Å². The van der Waals surface area contributed by atoms with Crippen LogP contribution < -0.4 is 5.32 Å². The van der Waals surface area contributed by atoms with Crippen molar-refractivity contribution in [2.75, 3.05) is 0 Å². The standard InChI is InChI=1S/C18H20FNO/c1-12-4-5-15(10-13(12)2)11-18(21)20-14(3)16-6-8-17(19)9-7-16/h4-10,14H,11H2,1-3H3,(H,20,21)/t14-/m1/s1. The van der Waals surface area contributed by atoms with Gasteiger partial charge in [0, 0.05) is 0 Å². The van der Waals surface area contributed by atoms with Gasteiger partial charge in [-0.1, -0.05) is 30.3 Å². The Morgan fingerprint density at radius 3 is 2.38 bits per heavy atom. The summed E-state index contributed by atoms with van der Waals surface area (Å²) in [6.07, 6.45) is 0.354. The molecule has 2 aromatic carbocycles. The number of hydrogen-bond donors (Lipinski definition) is 1. The van der Waals surface area contributed by atoms with Crippen molar-refractivity contribution in [2.24, 2.45) is 0 Å². The SMILES string of the molecule is Cc1ccc(CC(=O)N[C@H](C)c2ccc(F)cc2)cc1C. The first-order chi connectivity index (χ1) is 9.95. The van der Waals surface area contributed by atoms with Gasteiger partial charge >= 0.3 is 0 Å². The van der Waals surface area contributed by atoms with Crippen LogP contribution in [0.1, 0.15) is 35.2 Å². The molecule has 0 aliphatic carbocycles. The van der Waals surface area contributed by atoms with Crippen molar-refractivity contribution in [1.82, 2.24) is 5.32 Å². The van der Waals surface area contributed by atoms with Crippen molar-refractivity contribution < 1.29 is 9.18 Å². The van der Waals surface area contributed by atoms with Crippen LogP contribution in [0.4, 0.5) is 4.39 Å². The first-order valence-electron chi connectivity index (χ1n) is 7.06. The molecule has 1 N–H and O–H groups in total. The minimum atomic E-state index is -0.271. The highest BCUT2D eigenvalue weighted by Gasteiger charge is 2.10. The van der Waals surface area contributed by atoms with Crippen molar-refractivity contribution in [3.63, 3.8) is 0 Å². The molecule has 0 spiro atoms. The minimum absolute atomic E-state index is 0.0323. The van der Waals surface area contributed by atoms with Gasteiger partial charge in [-0.3, -0.25) is 4.79 Å². The Hall–Kier alpha value is -2.16. The Labute approximate surface area is 125 Å². The van der Waals surface area contributed by atoms with E-state index in [-0.39, 0.29) is 17.8 Å². The molecule has 2 nitrogen and oxygen atoms in total. The highest BCUT2D eigenvalue weighted by molar-refractivity contribution is 5.79. The lowest BCUT2D eigenvalue weighted by atomic mass is 10.0. The third-order valence-corrected chi connectivity index (χ3v) is 3.68. The van der Waals surface area contributed by atoms with Crippen molar-refractivity contribution in [3.05, 3.63) is 70.5 Å². The monoisotopic (exact) mass is 285 g/mol. The second-order valence-electron chi connectivity index (χ2n) is 5.44. The van der Waals surface area contributed by atoms with Crippen LogP contribution in [0.15, 0.2) is 42.5 Å². The van der Waals surface area contributed by atoms with Gasteiger partial charge in [0.15, 0.2) is 0 Å². The van der Waals surface area contributed by atoms with Crippen LogP contribution in [0.3, 0.4) is 0 Å². The molecule has 0 aliphatic rings. The van der Waals surface area contributed by atoms with E-state index in [2.05, 4.69) is 12.2 Å². The summed E-state index contributed by atoms with van der Waals surface area (Å²) in [6.45, 7) is 5.99. The van der Waals surface area contributed by atoms with Gasteiger partial charge in [-0.25, -0.2) is 4.39 Å². The molecule has 1 amide bonds. The predicted molar refractivity (Wildman–Crippen MR) is 82.6 cm³/mol. The van der Waals surface area contributed by atoms with Gasteiger partial charge in [-0.2, -0.15) is 0 Å². The largest absolute Gasteiger partial charge is 0.349 e. The summed E-state index contributed by atoms with van der Waals surface area (Å²) in [6, 6.07) is 12.1. The second-order valence-corrected chi connectivity index (χ2v) is 5.44. The lowest BCUT2D eigenvalue weighted by Gasteiger charge is -2.14. The molecule has 2 aromatic rings. The molecule has 110 valence electrons. The van der Waals surface area contributed by atoms with Crippen LogP contribution in [-0.4, -0.2) is 5.91 Å². The summed E-state index contributed by atoms with van der Waals surface area (Å²) in [4.78, 5) is 12.1. The Bertz CT molecular complexity index is 634. The molecule has 0 saturated carbocycles. The smallest absolute Gasteiger partial charge is 0.224 e. The normalized spacial score (nSPS) is 12.0. The van der Waals surface area contributed by atoms with Gasteiger partial charge in [0.05, 0.1) is 12.5 Å². The fraction of sp³-hybridized carbons (Fsp3) is 0.278. The van der Waals surface area contributed by atoms with Gasteiger partial charge in [0.25, 0.3) is 0 Å². The van der Waals surface area contributed by atoms with Crippen molar-refractivity contribution in [2.45, 2.75) is 33.2 Å². The van der Waals surface area contributed by atoms with Gasteiger partial charge in [0.1, 0.15) is 5.82 Å². The third kappa shape index (κ3) is 4.15. The van der Waals surface area contributed by atoms with Gasteiger partial charge < -0.3 is 5.32 Å². The van der Waals surface area contributed by atoms with Gasteiger partial charge in [0.2, 0.25) is 5.91 Å². The maximum atomic E-state index is 12.9. The lowest BCUT2D eigenvalue weighted by Crippen LogP contribution is -2.28. The molecule has 0 saturated heterocycles. The molecule has 3 heteroatoms. The highest BCUT2D eigenvalue weighted by Crippen LogP contribution is 2.14. The molecule has 0 radical (unpaired) electrons. The van der Waals surface area contributed by atoms with Gasteiger partial charge in [-0.05, 0) is 55.2 Å². The first-order valence-corrected chi connectivity index (χ1v) is 7.06. The van der Waals surface area contributed by atoms with Crippen LogP contribution >= 0.6 is 0 Å².